The maximum atomic E-state index is 4.88. The van der Waals surface area contributed by atoms with E-state index in [1.807, 2.05) is 16.8 Å². The predicted molar refractivity (Wildman–Crippen MR) is 121 cm³/mol. The number of pyridine rings is 1. The second-order valence-corrected chi connectivity index (χ2v) is 7.88. The summed E-state index contributed by atoms with van der Waals surface area (Å²) >= 11 is 0. The fourth-order valence-corrected chi connectivity index (χ4v) is 4.16. The molecule has 0 saturated carbocycles. The summed E-state index contributed by atoms with van der Waals surface area (Å²) in [6, 6.07) is 17.3. The van der Waals surface area contributed by atoms with Crippen LogP contribution in [0.4, 0.5) is 17.3 Å². The van der Waals surface area contributed by atoms with E-state index in [2.05, 4.69) is 71.5 Å². The fourth-order valence-electron chi connectivity index (χ4n) is 4.16. The summed E-state index contributed by atoms with van der Waals surface area (Å²) in [7, 11) is 0. The van der Waals surface area contributed by atoms with Crippen LogP contribution in [0.25, 0.3) is 16.9 Å². The van der Waals surface area contributed by atoms with E-state index in [-0.39, 0.29) is 0 Å². The van der Waals surface area contributed by atoms with Crippen molar-refractivity contribution in [3.63, 3.8) is 0 Å². The van der Waals surface area contributed by atoms with E-state index in [1.54, 1.807) is 6.20 Å². The Hall–Kier alpha value is -3.41. The molecule has 5 rings (SSSR count). The monoisotopic (exact) mass is 398 g/mol. The minimum absolute atomic E-state index is 0.533. The highest BCUT2D eigenvalue weighted by Gasteiger charge is 2.21. The minimum Gasteiger partial charge on any atom is -0.354 e. The molecule has 0 radical (unpaired) electrons. The largest absolute Gasteiger partial charge is 0.354 e. The van der Waals surface area contributed by atoms with E-state index in [4.69, 9.17) is 10.1 Å². The fraction of sp³-hybridized carbons (Fsp3) is 0.292. The third-order valence-corrected chi connectivity index (χ3v) is 5.83. The molecule has 0 amide bonds. The lowest BCUT2D eigenvalue weighted by atomic mass is 10.1. The van der Waals surface area contributed by atoms with Crippen molar-refractivity contribution < 1.29 is 0 Å². The first-order chi connectivity index (χ1) is 14.7. The molecule has 1 aromatic carbocycles. The van der Waals surface area contributed by atoms with Crippen LogP contribution in [0.2, 0.25) is 0 Å². The molecule has 1 saturated heterocycles. The summed E-state index contributed by atoms with van der Waals surface area (Å²) in [4.78, 5) is 11.8. The van der Waals surface area contributed by atoms with Crippen molar-refractivity contribution >= 4 is 23.0 Å². The van der Waals surface area contributed by atoms with E-state index in [0.29, 0.717) is 6.04 Å². The van der Waals surface area contributed by atoms with E-state index in [0.717, 1.165) is 47.2 Å². The topological polar surface area (TPSA) is 58.3 Å². The van der Waals surface area contributed by atoms with Crippen LogP contribution >= 0.6 is 0 Å². The average Bonchev–Trinajstić information content (AvgIpc) is 3.43. The number of anilines is 3. The van der Waals surface area contributed by atoms with Gasteiger partial charge in [0.25, 0.3) is 0 Å². The van der Waals surface area contributed by atoms with Crippen LogP contribution < -0.4 is 10.2 Å². The number of nitrogens with zero attached hydrogens (tertiary/aromatic N) is 5. The molecule has 6 heteroatoms. The van der Waals surface area contributed by atoms with E-state index in [1.165, 1.54) is 18.4 Å². The molecule has 1 N–H and O–H groups in total. The number of rotatable bonds is 5. The molecule has 6 nitrogen and oxygen atoms in total. The smallest absolute Gasteiger partial charge is 0.177 e. The van der Waals surface area contributed by atoms with Gasteiger partial charge in [-0.25, -0.2) is 14.5 Å². The number of hydrogen-bond donors (Lipinski definition) is 1. The Morgan fingerprint density at radius 3 is 2.87 bits per heavy atom. The Labute approximate surface area is 176 Å². The van der Waals surface area contributed by atoms with Crippen molar-refractivity contribution in [1.82, 2.24) is 19.6 Å². The van der Waals surface area contributed by atoms with Crippen molar-refractivity contribution in [2.24, 2.45) is 0 Å². The van der Waals surface area contributed by atoms with Crippen LogP contribution in [0.15, 0.2) is 60.9 Å². The summed E-state index contributed by atoms with van der Waals surface area (Å²) in [5.74, 6) is 1.84. The van der Waals surface area contributed by atoms with Gasteiger partial charge in [-0.2, -0.15) is 5.10 Å². The second-order valence-electron chi connectivity index (χ2n) is 7.88. The second kappa shape index (κ2) is 7.78. The van der Waals surface area contributed by atoms with Crippen LogP contribution in [0.1, 0.15) is 32.3 Å². The molecule has 1 aliphatic rings. The first kappa shape index (κ1) is 18.6. The number of nitrogens with one attached hydrogen (secondary N) is 1. The Balaban J connectivity index is 1.52. The van der Waals surface area contributed by atoms with Gasteiger partial charge in [-0.15, -0.1) is 0 Å². The van der Waals surface area contributed by atoms with Crippen molar-refractivity contribution in [1.29, 1.82) is 0 Å². The Kier molecular flexibility index (Phi) is 4.83. The standard InChI is InChI=1S/C24H26N6/c1-3-18-8-4-9-19(15-18)20-16-21(24-25-12-14-30(24)28-20)26-22-10-5-11-23(27-22)29-13-6-7-17(29)2/h4-5,8-12,14-17H,3,6-7,13H2,1-2H3,(H,26,27). The SMILES string of the molecule is CCc1cccc(-c2cc(Nc3cccc(N4CCCC4C)n3)c3nccn3n2)c1. The molecule has 1 atom stereocenters. The molecule has 3 aromatic heterocycles. The van der Waals surface area contributed by atoms with Gasteiger partial charge >= 0.3 is 0 Å². The first-order valence-electron chi connectivity index (χ1n) is 10.7. The Morgan fingerprint density at radius 1 is 1.13 bits per heavy atom. The molecule has 1 fully saturated rings. The van der Waals surface area contributed by atoms with E-state index < -0.39 is 0 Å². The first-order valence-corrected chi connectivity index (χ1v) is 10.7. The van der Waals surface area contributed by atoms with Gasteiger partial charge in [0.05, 0.1) is 11.4 Å². The molecular formula is C24H26N6. The molecule has 0 bridgehead atoms. The van der Waals surface area contributed by atoms with Crippen LogP contribution in [0.3, 0.4) is 0 Å². The normalized spacial score (nSPS) is 16.3. The molecular weight excluding hydrogens is 372 g/mol. The number of fused-ring (bicyclic) bond motifs is 1. The summed E-state index contributed by atoms with van der Waals surface area (Å²) < 4.78 is 1.82. The van der Waals surface area contributed by atoms with Gasteiger partial charge < -0.3 is 10.2 Å². The zero-order valence-electron chi connectivity index (χ0n) is 17.4. The summed E-state index contributed by atoms with van der Waals surface area (Å²) in [6.45, 7) is 5.50. The van der Waals surface area contributed by atoms with Crippen molar-refractivity contribution in [3.8, 4) is 11.3 Å². The van der Waals surface area contributed by atoms with Gasteiger partial charge in [0.1, 0.15) is 11.6 Å². The van der Waals surface area contributed by atoms with Crippen molar-refractivity contribution in [2.45, 2.75) is 39.2 Å². The number of aryl methyl sites for hydroxylation is 1. The molecule has 0 spiro atoms. The summed E-state index contributed by atoms with van der Waals surface area (Å²) in [6.07, 6.45) is 7.09. The van der Waals surface area contributed by atoms with Crippen LogP contribution in [0, 0.1) is 0 Å². The average molecular weight is 399 g/mol. The Bertz CT molecular complexity index is 1180. The number of benzene rings is 1. The van der Waals surface area contributed by atoms with Crippen molar-refractivity contribution in [2.75, 3.05) is 16.8 Å². The zero-order valence-corrected chi connectivity index (χ0v) is 17.4. The maximum Gasteiger partial charge on any atom is 0.177 e. The van der Waals surface area contributed by atoms with Crippen LogP contribution in [-0.4, -0.2) is 32.2 Å². The van der Waals surface area contributed by atoms with E-state index in [9.17, 15) is 0 Å². The third-order valence-electron chi connectivity index (χ3n) is 5.83. The van der Waals surface area contributed by atoms with Gasteiger partial charge in [-0.1, -0.05) is 31.2 Å². The highest BCUT2D eigenvalue weighted by atomic mass is 15.3. The van der Waals surface area contributed by atoms with Gasteiger partial charge in [0, 0.05) is 30.5 Å². The molecule has 4 aromatic rings. The molecule has 152 valence electrons. The highest BCUT2D eigenvalue weighted by molar-refractivity contribution is 5.77. The number of hydrogen-bond acceptors (Lipinski definition) is 5. The molecule has 0 aliphatic carbocycles. The van der Waals surface area contributed by atoms with Crippen LogP contribution in [0.5, 0.6) is 0 Å². The summed E-state index contributed by atoms with van der Waals surface area (Å²) in [5.41, 5.74) is 4.98. The molecule has 1 unspecified atom stereocenters. The zero-order chi connectivity index (χ0) is 20.5. The minimum atomic E-state index is 0.533. The lowest BCUT2D eigenvalue weighted by Crippen LogP contribution is -2.27. The van der Waals surface area contributed by atoms with E-state index >= 15 is 0 Å². The van der Waals surface area contributed by atoms with Crippen molar-refractivity contribution in [3.05, 3.63) is 66.5 Å². The van der Waals surface area contributed by atoms with Gasteiger partial charge in [0.2, 0.25) is 0 Å². The molecule has 30 heavy (non-hydrogen) atoms. The van der Waals surface area contributed by atoms with Crippen LogP contribution in [-0.2, 0) is 6.42 Å². The Morgan fingerprint density at radius 2 is 2.03 bits per heavy atom. The number of aromatic nitrogens is 4. The highest BCUT2D eigenvalue weighted by Crippen LogP contribution is 2.28. The maximum absolute atomic E-state index is 4.88. The predicted octanol–water partition coefficient (Wildman–Crippen LogP) is 5.09. The van der Waals surface area contributed by atoms with Gasteiger partial charge in [-0.3, -0.25) is 0 Å². The lowest BCUT2D eigenvalue weighted by molar-refractivity contribution is 0.727. The quantitative estimate of drug-likeness (QED) is 0.508. The summed E-state index contributed by atoms with van der Waals surface area (Å²) in [5, 5.41) is 8.25. The lowest BCUT2D eigenvalue weighted by Gasteiger charge is -2.23. The number of imidazole rings is 1. The molecule has 1 aliphatic heterocycles. The van der Waals surface area contributed by atoms with Gasteiger partial charge in [0.15, 0.2) is 5.65 Å². The third kappa shape index (κ3) is 3.49. The molecule has 4 heterocycles. The van der Waals surface area contributed by atoms with Gasteiger partial charge in [-0.05, 0) is 56.0 Å².